The first-order valence-corrected chi connectivity index (χ1v) is 33.3. The van der Waals surface area contributed by atoms with Crippen LogP contribution in [0.2, 0.25) is 0 Å². The number of pyridine rings is 2. The number of hydrogen-bond acceptors (Lipinski definition) is 15. The van der Waals surface area contributed by atoms with Crippen LogP contribution in [0.4, 0.5) is 8.78 Å². The van der Waals surface area contributed by atoms with Crippen LogP contribution in [0.3, 0.4) is 0 Å². The van der Waals surface area contributed by atoms with Crippen LogP contribution in [0.15, 0.2) is 84.9 Å². The molecule has 7 heterocycles. The predicted molar refractivity (Wildman–Crippen MR) is 351 cm³/mol. The first kappa shape index (κ1) is 72.5. The van der Waals surface area contributed by atoms with Gasteiger partial charge in [-0.2, -0.15) is 0 Å². The topological polar surface area (TPSA) is 213 Å². The van der Waals surface area contributed by atoms with Crippen LogP contribution in [0.5, 0.6) is 11.5 Å². The molecule has 5 aliphatic heterocycles. The number of methoxy groups -OCH3 is 3. The van der Waals surface area contributed by atoms with Crippen LogP contribution in [0.25, 0.3) is 22.3 Å². The molecular weight excluding hydrogens is 1230 g/mol. The van der Waals surface area contributed by atoms with Crippen molar-refractivity contribution in [1.29, 1.82) is 0 Å². The van der Waals surface area contributed by atoms with Gasteiger partial charge in [0.2, 0.25) is 0 Å². The Kier molecular flexibility index (Phi) is 25.6. The SMILES string of the molecule is CC1CCCO1.CCOc1cc(-c2ccc(F)cc2)c(C2CC2)cc1CN1CCC(N2CCc3nc(COC)c(C(=O)O)cc3C2=O)CC1.CCOc1cc(-c2ccc(F)cc2)c(C2CC2)cc1CN1CCC(N2CCc3nc(COC)c(C(=O)OC)cc3C2=O)CC1.[Na+].[OH-]. The molecule has 0 radical (unpaired) electrons. The van der Waals surface area contributed by atoms with Crippen molar-refractivity contribution in [3.8, 4) is 33.8 Å². The molecule has 2 N–H and O–H groups in total. The quantitative estimate of drug-likeness (QED) is 0.0557. The van der Waals surface area contributed by atoms with E-state index in [1.165, 1.54) is 86.9 Å². The first-order valence-electron chi connectivity index (χ1n) is 33.3. The normalized spacial score (nSPS) is 18.3. The van der Waals surface area contributed by atoms with Crippen molar-refractivity contribution in [1.82, 2.24) is 29.6 Å². The van der Waals surface area contributed by atoms with Crippen molar-refractivity contribution in [2.75, 3.05) is 80.4 Å². The fourth-order valence-electron chi connectivity index (χ4n) is 13.9. The number of aromatic carboxylic acids is 1. The molecule has 502 valence electrons. The van der Waals surface area contributed by atoms with Crippen LogP contribution < -0.4 is 39.0 Å². The fourth-order valence-corrected chi connectivity index (χ4v) is 13.9. The summed E-state index contributed by atoms with van der Waals surface area (Å²) in [6.45, 7) is 14.6. The third-order valence-electron chi connectivity index (χ3n) is 19.1. The van der Waals surface area contributed by atoms with E-state index >= 15 is 0 Å². The van der Waals surface area contributed by atoms with Crippen molar-refractivity contribution in [2.24, 2.45) is 0 Å². The van der Waals surface area contributed by atoms with E-state index < -0.39 is 11.9 Å². The number of amides is 2. The third kappa shape index (κ3) is 17.5. The summed E-state index contributed by atoms with van der Waals surface area (Å²) in [6, 6.07) is 25.6. The molecule has 1 atom stereocenters. The summed E-state index contributed by atoms with van der Waals surface area (Å²) in [5, 5.41) is 9.68. The van der Waals surface area contributed by atoms with Gasteiger partial charge in [-0.05, 0) is 191 Å². The van der Waals surface area contributed by atoms with Gasteiger partial charge in [-0.3, -0.25) is 29.4 Å². The number of carbonyl (C=O) groups is 4. The smallest absolute Gasteiger partial charge is 0.870 e. The average molecular weight is 1320 g/mol. The number of hydrogen-bond donors (Lipinski definition) is 1. The average Bonchev–Trinajstić information content (AvgIpc) is 1.79. The molecule has 5 fully saturated rings. The summed E-state index contributed by atoms with van der Waals surface area (Å²) in [5.41, 5.74) is 12.6. The van der Waals surface area contributed by atoms with Crippen LogP contribution in [-0.4, -0.2) is 163 Å². The molecule has 4 aromatic carbocycles. The van der Waals surface area contributed by atoms with E-state index in [2.05, 4.69) is 51.0 Å². The van der Waals surface area contributed by atoms with E-state index in [1.807, 2.05) is 47.9 Å². The maximum absolute atomic E-state index is 13.7. The number of carboxylic acid groups (broad SMARTS) is 1. The van der Waals surface area contributed by atoms with Gasteiger partial charge in [-0.15, -0.1) is 0 Å². The zero-order valence-corrected chi connectivity index (χ0v) is 58.1. The van der Waals surface area contributed by atoms with Crippen molar-refractivity contribution in [3.63, 3.8) is 0 Å². The van der Waals surface area contributed by atoms with Gasteiger partial charge in [0.25, 0.3) is 11.8 Å². The number of nitrogens with zero attached hydrogens (tertiary/aromatic N) is 6. The second-order valence-corrected chi connectivity index (χ2v) is 25.5. The van der Waals surface area contributed by atoms with Crippen LogP contribution in [0, 0.1) is 11.6 Å². The summed E-state index contributed by atoms with van der Waals surface area (Å²) in [4.78, 5) is 69.3. The Bertz CT molecular complexity index is 3640. The molecule has 1 unspecified atom stereocenters. The van der Waals surface area contributed by atoms with E-state index in [4.69, 9.17) is 28.4 Å². The van der Waals surface area contributed by atoms with Crippen LogP contribution in [-0.2, 0) is 58.1 Å². The van der Waals surface area contributed by atoms with Gasteiger partial charge >= 0.3 is 41.5 Å². The van der Waals surface area contributed by atoms with E-state index in [0.717, 1.165) is 124 Å². The number of benzene rings is 4. The van der Waals surface area contributed by atoms with Crippen molar-refractivity contribution >= 4 is 23.8 Å². The zero-order valence-electron chi connectivity index (χ0n) is 56.1. The Hall–Kier alpha value is -6.72. The summed E-state index contributed by atoms with van der Waals surface area (Å²) in [6.07, 6.45) is 12.4. The van der Waals surface area contributed by atoms with E-state index in [-0.39, 0.29) is 94.9 Å². The number of fused-ring (bicyclic) bond motifs is 2. The van der Waals surface area contributed by atoms with E-state index in [1.54, 1.807) is 13.2 Å². The monoisotopic (exact) mass is 1310 g/mol. The number of piperidine rings is 2. The summed E-state index contributed by atoms with van der Waals surface area (Å²) in [7, 11) is 4.37. The number of aromatic nitrogens is 2. The number of likely N-dealkylation sites (tertiary alicyclic amines) is 2. The molecule has 21 heteroatoms. The molecule has 2 amide bonds. The summed E-state index contributed by atoms with van der Waals surface area (Å²) >= 11 is 0. The maximum atomic E-state index is 13.7. The fraction of sp³-hybridized carbons (Fsp3) is 0.486. The number of carboxylic acids is 1. The van der Waals surface area contributed by atoms with Crippen molar-refractivity contribution < 1.29 is 96.5 Å². The molecule has 0 spiro atoms. The Morgan fingerprint density at radius 2 is 1.00 bits per heavy atom. The molecule has 3 saturated heterocycles. The van der Waals surface area contributed by atoms with Gasteiger partial charge in [-0.25, -0.2) is 18.4 Å². The largest absolute Gasteiger partial charge is 1.00 e. The van der Waals surface area contributed by atoms with Crippen molar-refractivity contribution in [2.45, 2.75) is 154 Å². The van der Waals surface area contributed by atoms with Gasteiger partial charge in [0, 0.05) is 109 Å². The zero-order chi connectivity index (χ0) is 65.3. The van der Waals surface area contributed by atoms with Gasteiger partial charge in [0.1, 0.15) is 23.1 Å². The summed E-state index contributed by atoms with van der Waals surface area (Å²) < 4.78 is 60.0. The molecular formula is C74H89F2N6NaO12. The predicted octanol–water partition coefficient (Wildman–Crippen LogP) is 9.44. The Balaban J connectivity index is 0.000000201. The molecule has 6 aromatic rings. The molecule has 2 aliphatic carbocycles. The number of halogens is 2. The molecule has 0 bridgehead atoms. The Morgan fingerprint density at radius 1 is 0.579 bits per heavy atom. The molecule has 2 aromatic heterocycles. The molecule has 18 nitrogen and oxygen atoms in total. The van der Waals surface area contributed by atoms with Crippen LogP contribution >= 0.6 is 0 Å². The number of rotatable bonds is 20. The summed E-state index contributed by atoms with van der Waals surface area (Å²) in [5.74, 6) is 0.482. The minimum Gasteiger partial charge on any atom is -0.870 e. The molecule has 13 rings (SSSR count). The number of ether oxygens (including phenoxy) is 6. The van der Waals surface area contributed by atoms with E-state index in [0.29, 0.717) is 91.0 Å². The second-order valence-electron chi connectivity index (χ2n) is 25.5. The standard InChI is InChI=1S/C35H40FN3O5.C34H38FN3O5.C5H10O.Na.H2O/c1-4-44-33-19-28(23-7-9-25(36)10-8-23)27(22-5-6-22)17-24(33)20-38-14-11-26(12-15-38)39-16-13-31-29(34(39)40)18-30(35(41)43-3)32(37-31)21-42-2;1-3-43-32-18-27(22-6-8-24(35)9-7-22)26(21-4-5-21)16-23(32)19-37-13-10-25(11-14-37)38-15-12-30-28(33(38)39)17-29(34(40)41)31(36-30)20-42-2;1-5-3-2-4-6-5;;/h7-10,17-19,22,26H,4-6,11-16,20-21H2,1-3H3;6-9,16-18,21,25H,3-5,10-15,19-20H2,1-2H3,(H,40,41);5H,2-4H2,1H3;;1H2/q;;;+1;/p-1. The van der Waals surface area contributed by atoms with E-state index in [9.17, 15) is 33.1 Å². The van der Waals surface area contributed by atoms with Gasteiger partial charge in [0.05, 0.1) is 84.7 Å². The number of esters is 1. The Labute approximate surface area is 578 Å². The minimum atomic E-state index is -1.11. The van der Waals surface area contributed by atoms with Gasteiger partial charge in [0.15, 0.2) is 0 Å². The Morgan fingerprint density at radius 3 is 1.35 bits per heavy atom. The second kappa shape index (κ2) is 33.5. The van der Waals surface area contributed by atoms with Gasteiger partial charge < -0.3 is 48.8 Å². The van der Waals surface area contributed by atoms with Crippen LogP contribution in [0.1, 0.15) is 183 Å². The number of carbonyl (C=O) groups excluding carboxylic acids is 3. The first-order chi connectivity index (χ1) is 45.1. The van der Waals surface area contributed by atoms with Crippen molar-refractivity contribution in [3.05, 3.63) is 164 Å². The molecule has 95 heavy (non-hydrogen) atoms. The van der Waals surface area contributed by atoms with Gasteiger partial charge in [-0.1, -0.05) is 24.3 Å². The minimum absolute atomic E-state index is 0. The third-order valence-corrected chi connectivity index (χ3v) is 19.1. The molecule has 2 saturated carbocycles. The maximum Gasteiger partial charge on any atom is 1.00 e. The molecule has 7 aliphatic rings.